The van der Waals surface area contributed by atoms with Crippen LogP contribution in [0.25, 0.3) is 0 Å². The Balaban J connectivity index is 2.36. The highest BCUT2D eigenvalue weighted by molar-refractivity contribution is 5.74. The Kier molecular flexibility index (Phi) is 3.95. The number of aliphatic imine (C=N–C) groups is 1. The molecule has 0 amide bonds. The fourth-order valence-corrected chi connectivity index (χ4v) is 1.20. The summed E-state index contributed by atoms with van der Waals surface area (Å²) in [6, 6.07) is 0. The van der Waals surface area contributed by atoms with Crippen molar-refractivity contribution in [3.8, 4) is 0 Å². The molecule has 0 saturated heterocycles. The van der Waals surface area contributed by atoms with E-state index >= 15 is 0 Å². The van der Waals surface area contributed by atoms with Crippen molar-refractivity contribution in [2.75, 3.05) is 13.6 Å². The molecule has 1 atom stereocenters. The molecule has 1 aliphatic heterocycles. The van der Waals surface area contributed by atoms with E-state index in [2.05, 4.69) is 22.3 Å². The lowest BCUT2D eigenvalue weighted by Crippen LogP contribution is -2.34. The summed E-state index contributed by atoms with van der Waals surface area (Å²) in [5.41, 5.74) is 0. The van der Waals surface area contributed by atoms with Crippen molar-refractivity contribution in [2.45, 2.75) is 33.1 Å². The molecule has 1 unspecified atom stereocenters. The molecular weight excluding hydrogens is 176 g/mol. The lowest BCUT2D eigenvalue weighted by molar-refractivity contribution is -0.777. The lowest BCUT2D eigenvalue weighted by atomic mass is 10.3. The largest absolute Gasteiger partial charge is 0.232 e. The van der Waals surface area contributed by atoms with Gasteiger partial charge in [-0.15, -0.1) is 9.71 Å². The summed E-state index contributed by atoms with van der Waals surface area (Å²) in [4.78, 5) is 4.16. The molecule has 1 heterocycles. The van der Waals surface area contributed by atoms with Crippen LogP contribution in [0.4, 0.5) is 0 Å². The van der Waals surface area contributed by atoms with Crippen molar-refractivity contribution in [1.29, 1.82) is 0 Å². The summed E-state index contributed by atoms with van der Waals surface area (Å²) in [6.07, 6.45) is 7.28. The van der Waals surface area contributed by atoms with Gasteiger partial charge in [0.2, 0.25) is 5.84 Å². The van der Waals surface area contributed by atoms with E-state index in [9.17, 15) is 0 Å². The minimum atomic E-state index is 0.381. The summed E-state index contributed by atoms with van der Waals surface area (Å²) in [6.45, 7) is 4.97. The van der Waals surface area contributed by atoms with Crippen molar-refractivity contribution in [1.82, 2.24) is 0 Å². The first-order chi connectivity index (χ1) is 6.69. The van der Waals surface area contributed by atoms with Gasteiger partial charge in [0.25, 0.3) is 0 Å². The molecule has 4 heteroatoms. The van der Waals surface area contributed by atoms with Gasteiger partial charge < -0.3 is 0 Å². The fourth-order valence-electron chi connectivity index (χ4n) is 1.20. The normalized spacial score (nSPS) is 26.1. The van der Waals surface area contributed by atoms with Crippen molar-refractivity contribution < 1.29 is 4.59 Å². The van der Waals surface area contributed by atoms with Crippen LogP contribution in [0.3, 0.4) is 0 Å². The number of amidine groups is 1. The first-order valence-corrected chi connectivity index (χ1v) is 5.17. The van der Waals surface area contributed by atoms with Crippen LogP contribution in [0, 0.1) is 0 Å². The summed E-state index contributed by atoms with van der Waals surface area (Å²) in [5, 5.41) is 8.43. The predicted octanol–water partition coefficient (Wildman–Crippen LogP) is 2.89. The SMILES string of the molecule is CCCCCN=N[N+]1(C)C=CN=C1C. The molecule has 0 aliphatic carbocycles. The second-order valence-electron chi connectivity index (χ2n) is 3.66. The zero-order chi connectivity index (χ0) is 10.4. The highest BCUT2D eigenvalue weighted by atomic mass is 15.7. The third kappa shape index (κ3) is 2.73. The molecule has 0 aromatic rings. The maximum Gasteiger partial charge on any atom is 0.232 e. The van der Waals surface area contributed by atoms with E-state index in [4.69, 9.17) is 0 Å². The maximum atomic E-state index is 4.25. The zero-order valence-corrected chi connectivity index (χ0v) is 9.27. The van der Waals surface area contributed by atoms with Crippen LogP contribution in [-0.4, -0.2) is 24.0 Å². The quantitative estimate of drug-likeness (QED) is 0.367. The minimum absolute atomic E-state index is 0.381. The highest BCUT2D eigenvalue weighted by Crippen LogP contribution is 2.14. The van der Waals surface area contributed by atoms with Crippen LogP contribution >= 0.6 is 0 Å². The van der Waals surface area contributed by atoms with Crippen molar-refractivity contribution >= 4 is 5.84 Å². The topological polar surface area (TPSA) is 37.1 Å². The van der Waals surface area contributed by atoms with Gasteiger partial charge in [-0.3, -0.25) is 0 Å². The van der Waals surface area contributed by atoms with E-state index in [1.165, 1.54) is 12.8 Å². The Hall–Kier alpha value is -1.03. The van der Waals surface area contributed by atoms with E-state index in [0.29, 0.717) is 4.59 Å². The molecule has 0 N–H and O–H groups in total. The average Bonchev–Trinajstić information content (AvgIpc) is 2.47. The summed E-state index contributed by atoms with van der Waals surface area (Å²) in [7, 11) is 1.98. The molecule has 0 bridgehead atoms. The van der Waals surface area contributed by atoms with Crippen LogP contribution in [0.5, 0.6) is 0 Å². The highest BCUT2D eigenvalue weighted by Gasteiger charge is 2.27. The maximum absolute atomic E-state index is 4.25. The van der Waals surface area contributed by atoms with Gasteiger partial charge >= 0.3 is 0 Å². The molecule has 0 spiro atoms. The number of rotatable bonds is 5. The van der Waals surface area contributed by atoms with Crippen LogP contribution in [0.2, 0.25) is 0 Å². The second-order valence-corrected chi connectivity index (χ2v) is 3.66. The Labute approximate surface area is 85.6 Å². The van der Waals surface area contributed by atoms with Gasteiger partial charge in [-0.1, -0.05) is 19.8 Å². The van der Waals surface area contributed by atoms with Crippen LogP contribution in [0.15, 0.2) is 27.7 Å². The summed E-state index contributed by atoms with van der Waals surface area (Å²) >= 11 is 0. The van der Waals surface area contributed by atoms with E-state index in [-0.39, 0.29) is 0 Å². The first kappa shape index (κ1) is 11.0. The zero-order valence-electron chi connectivity index (χ0n) is 9.27. The van der Waals surface area contributed by atoms with Gasteiger partial charge in [0.15, 0.2) is 0 Å². The first-order valence-electron chi connectivity index (χ1n) is 5.17. The van der Waals surface area contributed by atoms with Gasteiger partial charge in [0.05, 0.1) is 12.7 Å². The van der Waals surface area contributed by atoms with Crippen molar-refractivity contribution in [2.24, 2.45) is 15.3 Å². The van der Waals surface area contributed by atoms with Gasteiger partial charge in [0.1, 0.15) is 13.2 Å². The van der Waals surface area contributed by atoms with Crippen LogP contribution in [-0.2, 0) is 0 Å². The van der Waals surface area contributed by atoms with Gasteiger partial charge in [-0.05, 0) is 6.42 Å². The Morgan fingerprint density at radius 3 is 2.79 bits per heavy atom. The number of quaternary nitrogens is 1. The van der Waals surface area contributed by atoms with Crippen LogP contribution in [0.1, 0.15) is 33.1 Å². The van der Waals surface area contributed by atoms with Crippen molar-refractivity contribution in [3.05, 3.63) is 12.4 Å². The Morgan fingerprint density at radius 1 is 1.43 bits per heavy atom. The molecule has 0 saturated carbocycles. The Bertz CT molecular complexity index is 267. The summed E-state index contributed by atoms with van der Waals surface area (Å²) in [5.74, 6) is 0.962. The monoisotopic (exact) mass is 195 g/mol. The van der Waals surface area contributed by atoms with E-state index in [0.717, 1.165) is 18.8 Å². The average molecular weight is 195 g/mol. The summed E-state index contributed by atoms with van der Waals surface area (Å²) < 4.78 is 0.381. The number of hydrogen-bond acceptors (Lipinski definition) is 3. The molecule has 1 rings (SSSR count). The predicted molar refractivity (Wildman–Crippen MR) is 57.7 cm³/mol. The van der Waals surface area contributed by atoms with Gasteiger partial charge in [-0.25, -0.2) is 4.99 Å². The molecule has 0 aromatic carbocycles. The smallest absolute Gasteiger partial charge is 0.201 e. The number of hydrogen-bond donors (Lipinski definition) is 0. The number of unbranched alkanes of at least 4 members (excludes halogenated alkanes) is 2. The molecule has 0 aromatic heterocycles. The van der Waals surface area contributed by atoms with E-state index in [1.807, 2.05) is 20.2 Å². The third-order valence-corrected chi connectivity index (χ3v) is 2.38. The molecular formula is C10H19N4+. The van der Waals surface area contributed by atoms with E-state index < -0.39 is 0 Å². The minimum Gasteiger partial charge on any atom is -0.201 e. The van der Waals surface area contributed by atoms with E-state index in [1.54, 1.807) is 6.20 Å². The Morgan fingerprint density at radius 2 is 2.21 bits per heavy atom. The molecule has 4 nitrogen and oxygen atoms in total. The molecule has 14 heavy (non-hydrogen) atoms. The van der Waals surface area contributed by atoms with Crippen molar-refractivity contribution in [3.63, 3.8) is 0 Å². The second kappa shape index (κ2) is 5.00. The molecule has 0 fully saturated rings. The third-order valence-electron chi connectivity index (χ3n) is 2.38. The van der Waals surface area contributed by atoms with Gasteiger partial charge in [0, 0.05) is 12.1 Å². The standard InChI is InChI=1S/C10H19N4/c1-4-5-6-7-12-13-14(3)9-8-11-10(14)2/h8-9H,4-7H2,1-3H3/q+1. The lowest BCUT2D eigenvalue weighted by Gasteiger charge is -2.15. The molecule has 0 radical (unpaired) electrons. The van der Waals surface area contributed by atoms with Crippen LogP contribution < -0.4 is 0 Å². The molecule has 1 aliphatic rings. The molecule has 78 valence electrons. The van der Waals surface area contributed by atoms with Gasteiger partial charge in [-0.2, -0.15) is 0 Å². The fraction of sp³-hybridized carbons (Fsp3) is 0.700. The number of nitrogens with zero attached hydrogens (tertiary/aromatic N) is 4.